The fourth-order valence-corrected chi connectivity index (χ4v) is 6.91. The Morgan fingerprint density at radius 2 is 1.51 bits per heavy atom. The lowest BCUT2D eigenvalue weighted by molar-refractivity contribution is -0.137. The molecule has 1 spiro atoms. The van der Waals surface area contributed by atoms with Crippen LogP contribution in [-0.2, 0) is 22.3 Å². The van der Waals surface area contributed by atoms with Gasteiger partial charge in [-0.05, 0) is 75.0 Å². The van der Waals surface area contributed by atoms with Gasteiger partial charge in [-0.25, -0.2) is 0 Å². The van der Waals surface area contributed by atoms with E-state index >= 15 is 0 Å². The van der Waals surface area contributed by atoms with Crippen molar-refractivity contribution in [1.82, 2.24) is 14.8 Å². The number of aromatic amines is 1. The van der Waals surface area contributed by atoms with Crippen LogP contribution >= 0.6 is 0 Å². The van der Waals surface area contributed by atoms with Crippen molar-refractivity contribution in [2.45, 2.75) is 43.2 Å². The normalized spacial score (nSPS) is 23.7. The molecule has 1 saturated carbocycles. The van der Waals surface area contributed by atoms with E-state index in [1.807, 2.05) is 36.4 Å². The Kier molecular flexibility index (Phi) is 6.00. The molecule has 4 heteroatoms. The third-order valence-electron chi connectivity index (χ3n) is 8.94. The van der Waals surface area contributed by atoms with Crippen LogP contribution in [0.25, 0.3) is 17.0 Å². The van der Waals surface area contributed by atoms with Crippen LogP contribution in [0.5, 0.6) is 0 Å². The third kappa shape index (κ3) is 3.91. The number of carbonyl (C=O) groups is 1. The molecule has 0 atom stereocenters. The van der Waals surface area contributed by atoms with Crippen molar-refractivity contribution in [2.75, 3.05) is 20.6 Å². The molecule has 1 aliphatic heterocycles. The Balaban J connectivity index is 1.41. The number of fused-ring (bicyclic) bond motifs is 4. The van der Waals surface area contributed by atoms with E-state index in [0.29, 0.717) is 0 Å². The lowest BCUT2D eigenvalue weighted by atomic mass is 9.65. The zero-order chi connectivity index (χ0) is 25.5. The standard InChI is InChI=1S/C33H35N3O/c1-35(2)32(26-13-7-4-8-14-26)20-22-33(23-21-32)31-28(27-15-9-10-16-29(27)34-31)19-24-36(33)30(37)18-17-25-11-5-3-6-12-25/h3-18,34H,19-24H2,1-2H3/b18-17+/t32-,33-. The molecule has 0 radical (unpaired) electrons. The second-order valence-corrected chi connectivity index (χ2v) is 10.8. The minimum absolute atomic E-state index is 0.0370. The van der Waals surface area contributed by atoms with Crippen molar-refractivity contribution in [3.63, 3.8) is 0 Å². The number of carbonyl (C=O) groups excluding carboxylic acids is 1. The molecule has 1 aliphatic carbocycles. The van der Waals surface area contributed by atoms with Crippen LogP contribution < -0.4 is 0 Å². The molecule has 37 heavy (non-hydrogen) atoms. The maximum absolute atomic E-state index is 13.8. The lowest BCUT2D eigenvalue weighted by Gasteiger charge is -2.55. The second kappa shape index (κ2) is 9.35. The van der Waals surface area contributed by atoms with E-state index in [1.54, 1.807) is 6.08 Å². The summed E-state index contributed by atoms with van der Waals surface area (Å²) in [4.78, 5) is 22.2. The predicted molar refractivity (Wildman–Crippen MR) is 151 cm³/mol. The number of nitrogens with zero attached hydrogens (tertiary/aromatic N) is 2. The van der Waals surface area contributed by atoms with Crippen LogP contribution in [0, 0.1) is 0 Å². The number of hydrogen-bond donors (Lipinski definition) is 1. The molecule has 0 saturated heterocycles. The van der Waals surface area contributed by atoms with E-state index in [0.717, 1.165) is 44.2 Å². The summed E-state index contributed by atoms with van der Waals surface area (Å²) in [6.45, 7) is 0.743. The number of aromatic nitrogens is 1. The van der Waals surface area contributed by atoms with Gasteiger partial charge in [0.15, 0.2) is 0 Å². The molecular formula is C33H35N3O. The molecule has 0 bridgehead atoms. The highest BCUT2D eigenvalue weighted by Gasteiger charge is 2.52. The van der Waals surface area contributed by atoms with E-state index in [9.17, 15) is 4.79 Å². The number of amides is 1. The molecule has 1 aromatic heterocycles. The molecule has 1 amide bonds. The summed E-state index contributed by atoms with van der Waals surface area (Å²) in [6.07, 6.45) is 8.43. The summed E-state index contributed by atoms with van der Waals surface area (Å²) in [5.41, 5.74) is 5.86. The number of para-hydroxylation sites is 1. The van der Waals surface area contributed by atoms with Gasteiger partial charge in [-0.1, -0.05) is 78.9 Å². The van der Waals surface area contributed by atoms with Gasteiger partial charge < -0.3 is 9.88 Å². The monoisotopic (exact) mass is 489 g/mol. The largest absolute Gasteiger partial charge is 0.356 e. The summed E-state index contributed by atoms with van der Waals surface area (Å²) in [5, 5.41) is 1.30. The van der Waals surface area contributed by atoms with Gasteiger partial charge in [-0.15, -0.1) is 0 Å². The van der Waals surface area contributed by atoms with Crippen LogP contribution in [0.3, 0.4) is 0 Å². The van der Waals surface area contributed by atoms with Crippen LogP contribution in [0.1, 0.15) is 48.1 Å². The molecule has 1 N–H and O–H groups in total. The zero-order valence-electron chi connectivity index (χ0n) is 21.8. The molecule has 2 aliphatic rings. The van der Waals surface area contributed by atoms with Crippen molar-refractivity contribution in [1.29, 1.82) is 0 Å². The zero-order valence-corrected chi connectivity index (χ0v) is 21.8. The molecule has 188 valence electrons. The summed E-state index contributed by atoms with van der Waals surface area (Å²) in [7, 11) is 4.40. The molecule has 0 unspecified atom stereocenters. The first-order valence-corrected chi connectivity index (χ1v) is 13.4. The molecule has 4 nitrogen and oxygen atoms in total. The first-order valence-electron chi connectivity index (χ1n) is 13.4. The van der Waals surface area contributed by atoms with E-state index in [4.69, 9.17) is 0 Å². The van der Waals surface area contributed by atoms with Crippen LogP contribution in [0.15, 0.2) is 91.0 Å². The van der Waals surface area contributed by atoms with E-state index < -0.39 is 0 Å². The molecule has 4 aromatic rings. The Hall–Kier alpha value is -3.63. The van der Waals surface area contributed by atoms with Crippen molar-refractivity contribution in [3.8, 4) is 0 Å². The number of benzene rings is 3. The van der Waals surface area contributed by atoms with Crippen molar-refractivity contribution in [2.24, 2.45) is 0 Å². The first kappa shape index (κ1) is 23.7. The van der Waals surface area contributed by atoms with Crippen LogP contribution in [-0.4, -0.2) is 41.3 Å². The van der Waals surface area contributed by atoms with Gasteiger partial charge in [-0.3, -0.25) is 9.69 Å². The quantitative estimate of drug-likeness (QED) is 0.333. The van der Waals surface area contributed by atoms with Gasteiger partial charge in [0.2, 0.25) is 5.91 Å². The van der Waals surface area contributed by atoms with Crippen molar-refractivity contribution >= 4 is 22.9 Å². The van der Waals surface area contributed by atoms with E-state index in [1.165, 1.54) is 27.7 Å². The van der Waals surface area contributed by atoms with Gasteiger partial charge in [0, 0.05) is 34.8 Å². The van der Waals surface area contributed by atoms with Gasteiger partial charge in [0.05, 0.1) is 5.54 Å². The molecule has 6 rings (SSSR count). The average molecular weight is 490 g/mol. The molecule has 3 aromatic carbocycles. The predicted octanol–water partition coefficient (Wildman–Crippen LogP) is 6.49. The minimum Gasteiger partial charge on any atom is -0.356 e. The smallest absolute Gasteiger partial charge is 0.247 e. The highest BCUT2D eigenvalue weighted by molar-refractivity contribution is 5.93. The van der Waals surface area contributed by atoms with E-state index in [2.05, 4.69) is 83.5 Å². The molecular weight excluding hydrogens is 454 g/mol. The second-order valence-electron chi connectivity index (χ2n) is 10.8. The van der Waals surface area contributed by atoms with Crippen LogP contribution in [0.4, 0.5) is 0 Å². The molecule has 2 heterocycles. The number of H-pyrrole nitrogens is 1. The highest BCUT2D eigenvalue weighted by atomic mass is 16.2. The number of nitrogens with one attached hydrogen (secondary N) is 1. The SMILES string of the molecule is CN(C)[C@]1(c2ccccc2)CC[C@@]2(CC1)c1[nH]c3ccccc3c1CCN2C(=O)/C=C/c1ccccc1. The Morgan fingerprint density at radius 3 is 2.22 bits per heavy atom. The maximum atomic E-state index is 13.8. The van der Waals surface area contributed by atoms with Crippen LogP contribution in [0.2, 0.25) is 0 Å². The number of rotatable bonds is 4. The maximum Gasteiger partial charge on any atom is 0.247 e. The van der Waals surface area contributed by atoms with Gasteiger partial charge in [-0.2, -0.15) is 0 Å². The number of hydrogen-bond acceptors (Lipinski definition) is 2. The minimum atomic E-state index is -0.334. The summed E-state index contributed by atoms with van der Waals surface area (Å²) in [5.74, 6) is 0.102. The fourth-order valence-electron chi connectivity index (χ4n) is 6.91. The average Bonchev–Trinajstić information content (AvgIpc) is 3.33. The Bertz CT molecular complexity index is 1430. The van der Waals surface area contributed by atoms with Crippen molar-refractivity contribution < 1.29 is 4.79 Å². The Labute approximate surface area is 219 Å². The van der Waals surface area contributed by atoms with Gasteiger partial charge in [0.1, 0.15) is 0 Å². The van der Waals surface area contributed by atoms with Crippen molar-refractivity contribution in [3.05, 3.63) is 113 Å². The summed E-state index contributed by atoms with van der Waals surface area (Å²) < 4.78 is 0. The lowest BCUT2D eigenvalue weighted by Crippen LogP contribution is -2.58. The van der Waals surface area contributed by atoms with E-state index in [-0.39, 0.29) is 17.0 Å². The Morgan fingerprint density at radius 1 is 0.865 bits per heavy atom. The van der Waals surface area contributed by atoms with Gasteiger partial charge in [0.25, 0.3) is 0 Å². The third-order valence-corrected chi connectivity index (χ3v) is 8.94. The first-order chi connectivity index (χ1) is 18.0. The fraction of sp³-hybridized carbons (Fsp3) is 0.303. The highest BCUT2D eigenvalue weighted by Crippen LogP contribution is 2.53. The topological polar surface area (TPSA) is 39.3 Å². The van der Waals surface area contributed by atoms with Gasteiger partial charge >= 0.3 is 0 Å². The molecule has 1 fully saturated rings. The summed E-state index contributed by atoms with van der Waals surface area (Å²) in [6, 6.07) is 29.6. The summed E-state index contributed by atoms with van der Waals surface area (Å²) >= 11 is 0.